The second-order valence-electron chi connectivity index (χ2n) is 8.48. The predicted octanol–water partition coefficient (Wildman–Crippen LogP) is 3.24. The second kappa shape index (κ2) is 8.42. The van der Waals surface area contributed by atoms with Crippen LogP contribution in [0.15, 0.2) is 48.8 Å². The fraction of sp³-hybridized carbons (Fsp3) is 0.250. The van der Waals surface area contributed by atoms with Gasteiger partial charge in [-0.2, -0.15) is 5.10 Å². The third kappa shape index (κ3) is 4.05. The Kier molecular flexibility index (Phi) is 5.09. The van der Waals surface area contributed by atoms with Gasteiger partial charge in [-0.25, -0.2) is 9.37 Å². The van der Waals surface area contributed by atoms with Crippen LogP contribution in [-0.4, -0.2) is 49.8 Å². The first kappa shape index (κ1) is 21.1. The molecule has 4 heterocycles. The van der Waals surface area contributed by atoms with Gasteiger partial charge in [-0.1, -0.05) is 0 Å². The zero-order chi connectivity index (χ0) is 23.9. The summed E-state index contributed by atoms with van der Waals surface area (Å²) >= 11 is 0. The van der Waals surface area contributed by atoms with Crippen molar-refractivity contribution in [3.63, 3.8) is 0 Å². The van der Waals surface area contributed by atoms with E-state index in [2.05, 4.69) is 20.4 Å². The molecule has 2 amide bonds. The predicted molar refractivity (Wildman–Crippen MR) is 122 cm³/mol. The number of hydrogen-bond acceptors (Lipinski definition) is 6. The van der Waals surface area contributed by atoms with Crippen LogP contribution in [0.5, 0.6) is 11.5 Å². The van der Waals surface area contributed by atoms with Crippen LogP contribution in [0.4, 0.5) is 10.1 Å². The highest BCUT2D eigenvalue weighted by molar-refractivity contribution is 6.04. The average molecular weight is 476 g/mol. The van der Waals surface area contributed by atoms with E-state index in [-0.39, 0.29) is 37.0 Å². The largest absolute Gasteiger partial charge is 0.454 e. The van der Waals surface area contributed by atoms with Gasteiger partial charge in [0.1, 0.15) is 18.2 Å². The van der Waals surface area contributed by atoms with Gasteiger partial charge in [0.25, 0.3) is 5.91 Å². The summed E-state index contributed by atoms with van der Waals surface area (Å²) in [7, 11) is 0. The first-order chi connectivity index (χ1) is 17.0. The molecule has 178 valence electrons. The summed E-state index contributed by atoms with van der Waals surface area (Å²) in [5, 5.41) is 7.00. The zero-order valence-electron chi connectivity index (χ0n) is 18.5. The quantitative estimate of drug-likeness (QED) is 0.457. The Hall–Kier alpha value is -4.41. The number of imidazole rings is 1. The maximum atomic E-state index is 13.5. The van der Waals surface area contributed by atoms with Gasteiger partial charge in [0.05, 0.1) is 29.0 Å². The van der Waals surface area contributed by atoms with Crippen LogP contribution in [0.1, 0.15) is 35.1 Å². The Morgan fingerprint density at radius 1 is 1.17 bits per heavy atom. The molecule has 2 aliphatic rings. The second-order valence-corrected chi connectivity index (χ2v) is 8.48. The Balaban J connectivity index is 1.12. The Bertz CT molecular complexity index is 1450. The van der Waals surface area contributed by atoms with Crippen molar-refractivity contribution >= 4 is 28.5 Å². The minimum atomic E-state index is -0.341. The van der Waals surface area contributed by atoms with E-state index in [0.29, 0.717) is 46.2 Å². The summed E-state index contributed by atoms with van der Waals surface area (Å²) in [6.07, 6.45) is 4.72. The van der Waals surface area contributed by atoms with Gasteiger partial charge in [-0.05, 0) is 49.2 Å². The number of rotatable bonds is 5. The highest BCUT2D eigenvalue weighted by Crippen LogP contribution is 2.33. The van der Waals surface area contributed by atoms with Gasteiger partial charge in [0.2, 0.25) is 12.7 Å². The number of nitrogens with one attached hydrogen (secondary N) is 2. The molecule has 0 bridgehead atoms. The van der Waals surface area contributed by atoms with E-state index in [1.165, 1.54) is 23.0 Å². The van der Waals surface area contributed by atoms with Gasteiger partial charge in [0, 0.05) is 18.3 Å². The minimum absolute atomic E-state index is 0.0191. The van der Waals surface area contributed by atoms with Crippen molar-refractivity contribution in [3.8, 4) is 11.5 Å². The third-order valence-electron chi connectivity index (χ3n) is 6.17. The lowest BCUT2D eigenvalue weighted by atomic mass is 10.2. The summed E-state index contributed by atoms with van der Waals surface area (Å²) in [4.78, 5) is 35.2. The monoisotopic (exact) mass is 476 g/mol. The number of carbonyl (C=O) groups excluding carboxylic acids is 2. The number of nitrogens with zero attached hydrogens (tertiary/aromatic N) is 4. The van der Waals surface area contributed by atoms with E-state index in [1.54, 1.807) is 35.4 Å². The average Bonchev–Trinajstić information content (AvgIpc) is 3.63. The number of ether oxygens (including phenoxy) is 2. The number of likely N-dealkylation sites (tertiary alicyclic amines) is 1. The van der Waals surface area contributed by atoms with Crippen LogP contribution < -0.4 is 14.8 Å². The maximum absolute atomic E-state index is 13.5. The molecule has 2 aliphatic heterocycles. The van der Waals surface area contributed by atoms with Crippen LogP contribution in [0.25, 0.3) is 11.0 Å². The van der Waals surface area contributed by atoms with Crippen molar-refractivity contribution in [1.29, 1.82) is 0 Å². The van der Waals surface area contributed by atoms with Crippen molar-refractivity contribution in [2.45, 2.75) is 25.4 Å². The number of fused-ring (bicyclic) bond motifs is 2. The maximum Gasteiger partial charge on any atom is 0.255 e. The number of aromatic amines is 1. The normalized spacial score (nSPS) is 16.7. The standard InChI is InChI=1S/C24H21FN6O4/c25-15-4-5-17-18(9-15)29-23(28-17)19-2-1-7-31(19)22(32)12-30-11-16(10-26-30)27-24(33)14-3-6-20-21(8-14)35-13-34-20/h3-6,8-11,19H,1-2,7,12-13H2,(H,27,33)(H,28,29). The molecular formula is C24H21FN6O4. The van der Waals surface area contributed by atoms with Crippen molar-refractivity contribution in [3.05, 3.63) is 66.0 Å². The lowest BCUT2D eigenvalue weighted by Crippen LogP contribution is -2.34. The molecule has 0 saturated carbocycles. The third-order valence-corrected chi connectivity index (χ3v) is 6.17. The molecule has 1 fully saturated rings. The summed E-state index contributed by atoms with van der Waals surface area (Å²) in [5.41, 5.74) is 2.16. The topological polar surface area (TPSA) is 114 Å². The summed E-state index contributed by atoms with van der Waals surface area (Å²) in [6.45, 7) is 0.753. The molecule has 0 aliphatic carbocycles. The van der Waals surface area contributed by atoms with Crippen molar-refractivity contribution < 1.29 is 23.5 Å². The van der Waals surface area contributed by atoms with E-state index in [1.807, 2.05) is 0 Å². The molecule has 2 N–H and O–H groups in total. The number of H-pyrrole nitrogens is 1. The number of amides is 2. The van der Waals surface area contributed by atoms with Crippen molar-refractivity contribution in [2.24, 2.45) is 0 Å². The summed E-state index contributed by atoms with van der Waals surface area (Å²) in [6, 6.07) is 9.13. The molecule has 35 heavy (non-hydrogen) atoms. The lowest BCUT2D eigenvalue weighted by Gasteiger charge is -2.23. The van der Waals surface area contributed by atoms with Crippen molar-refractivity contribution in [1.82, 2.24) is 24.6 Å². The molecule has 0 radical (unpaired) electrons. The van der Waals surface area contributed by atoms with E-state index in [0.717, 1.165) is 12.8 Å². The van der Waals surface area contributed by atoms with Crippen molar-refractivity contribution in [2.75, 3.05) is 18.7 Å². The Labute approximate surface area is 198 Å². The molecule has 10 nitrogen and oxygen atoms in total. The SMILES string of the molecule is O=C(Nc1cnn(CC(=O)N2CCCC2c2nc3ccc(F)cc3[nH]2)c1)c1ccc2c(c1)OCO2. The van der Waals surface area contributed by atoms with Crippen LogP contribution in [0.3, 0.4) is 0 Å². The zero-order valence-corrected chi connectivity index (χ0v) is 18.5. The van der Waals surface area contributed by atoms with Crippen LogP contribution in [0, 0.1) is 5.82 Å². The summed E-state index contributed by atoms with van der Waals surface area (Å²) < 4.78 is 25.6. The summed E-state index contributed by atoms with van der Waals surface area (Å²) in [5.74, 6) is 0.989. The van der Waals surface area contributed by atoms with Gasteiger partial charge in [-0.3, -0.25) is 14.3 Å². The molecule has 2 aromatic heterocycles. The van der Waals surface area contributed by atoms with Crippen LogP contribution >= 0.6 is 0 Å². The molecule has 4 aromatic rings. The van der Waals surface area contributed by atoms with Crippen LogP contribution in [0.2, 0.25) is 0 Å². The number of halogens is 1. The first-order valence-corrected chi connectivity index (χ1v) is 11.2. The van der Waals surface area contributed by atoms with Gasteiger partial charge >= 0.3 is 0 Å². The number of hydrogen-bond donors (Lipinski definition) is 2. The van der Waals surface area contributed by atoms with Gasteiger partial charge < -0.3 is 24.7 Å². The molecule has 1 unspecified atom stereocenters. The van der Waals surface area contributed by atoms with E-state index in [4.69, 9.17) is 9.47 Å². The highest BCUT2D eigenvalue weighted by atomic mass is 19.1. The smallest absolute Gasteiger partial charge is 0.255 e. The molecular weight excluding hydrogens is 455 g/mol. The molecule has 1 atom stereocenters. The first-order valence-electron chi connectivity index (χ1n) is 11.2. The van der Waals surface area contributed by atoms with E-state index in [9.17, 15) is 14.0 Å². The molecule has 6 rings (SSSR count). The fourth-order valence-electron chi connectivity index (χ4n) is 4.49. The Morgan fingerprint density at radius 3 is 2.97 bits per heavy atom. The number of aromatic nitrogens is 4. The van der Waals surface area contributed by atoms with Gasteiger partial charge in [-0.15, -0.1) is 0 Å². The number of carbonyl (C=O) groups is 2. The minimum Gasteiger partial charge on any atom is -0.454 e. The highest BCUT2D eigenvalue weighted by Gasteiger charge is 2.32. The molecule has 11 heteroatoms. The Morgan fingerprint density at radius 2 is 2.06 bits per heavy atom. The lowest BCUT2D eigenvalue weighted by molar-refractivity contribution is -0.133. The van der Waals surface area contributed by atoms with Gasteiger partial charge in [0.15, 0.2) is 11.5 Å². The number of anilines is 1. The fourth-order valence-corrected chi connectivity index (χ4v) is 4.49. The number of benzene rings is 2. The van der Waals surface area contributed by atoms with E-state index < -0.39 is 0 Å². The molecule has 0 spiro atoms. The molecule has 2 aromatic carbocycles. The van der Waals surface area contributed by atoms with E-state index >= 15 is 0 Å². The molecule has 1 saturated heterocycles. The van der Waals surface area contributed by atoms with Crippen LogP contribution in [-0.2, 0) is 11.3 Å².